The van der Waals surface area contributed by atoms with Gasteiger partial charge in [-0.2, -0.15) is 0 Å². The Morgan fingerprint density at radius 3 is 1.29 bits per heavy atom. The molecule has 8 bridgehead atoms. The third-order valence-corrected chi connectivity index (χ3v) is 24.7. The van der Waals surface area contributed by atoms with E-state index in [1.165, 1.54) is 84.0 Å². The number of rotatable bonds is 6. The molecule has 16 atom stereocenters. The Morgan fingerprint density at radius 2 is 0.857 bits per heavy atom. The molecule has 16 unspecified atom stereocenters. The molecule has 3 heteroatoms. The van der Waals surface area contributed by atoms with Crippen LogP contribution in [0, 0.1) is 92.7 Å². The summed E-state index contributed by atoms with van der Waals surface area (Å²) in [6, 6.07) is 25.1. The Kier molecular flexibility index (Phi) is 8.41. The van der Waals surface area contributed by atoms with Crippen molar-refractivity contribution in [2.24, 2.45) is 92.7 Å². The van der Waals surface area contributed by atoms with Crippen molar-refractivity contribution in [3.63, 3.8) is 0 Å². The SMILES string of the molecule is CC1C(B(c2ccc3c(c2)Oc2cccc4c2c-3cc2ccc(B(C3CC5CC(C3C)C5(C)C)C3CC5CC(C3C)C5(C)C)cc24)C2CC3CC(C2C)C3(C)C)CC2CC1C2(C)C. The summed E-state index contributed by atoms with van der Waals surface area (Å²) in [4.78, 5) is 0. The molecule has 0 amide bonds. The van der Waals surface area contributed by atoms with Crippen LogP contribution in [-0.2, 0) is 0 Å². The highest BCUT2D eigenvalue weighted by Gasteiger charge is 2.64. The van der Waals surface area contributed by atoms with Crippen LogP contribution in [0.15, 0.2) is 60.7 Å². The number of benzene rings is 4. The highest BCUT2D eigenvalue weighted by Crippen LogP contribution is 2.71. The van der Waals surface area contributed by atoms with Crippen LogP contribution in [0.5, 0.6) is 11.5 Å². The van der Waals surface area contributed by atoms with E-state index < -0.39 is 0 Å². The Labute approximate surface area is 382 Å². The van der Waals surface area contributed by atoms with Gasteiger partial charge in [-0.15, -0.1) is 0 Å². The monoisotopic (exact) mass is 837 g/mol. The van der Waals surface area contributed by atoms with Gasteiger partial charge in [0.25, 0.3) is 0 Å². The average molecular weight is 837 g/mol. The molecule has 4 aromatic rings. The second kappa shape index (κ2) is 13.1. The summed E-state index contributed by atoms with van der Waals surface area (Å²) in [6.07, 6.45) is 11.5. The van der Waals surface area contributed by atoms with E-state index in [-0.39, 0.29) is 0 Å². The molecule has 1 aliphatic heterocycles. The van der Waals surface area contributed by atoms with E-state index in [9.17, 15) is 0 Å². The van der Waals surface area contributed by atoms with Gasteiger partial charge < -0.3 is 4.74 Å². The van der Waals surface area contributed by atoms with Gasteiger partial charge in [0.15, 0.2) is 13.4 Å². The smallest absolute Gasteiger partial charge is 0.182 e. The summed E-state index contributed by atoms with van der Waals surface area (Å²) in [5, 5.41) is 5.53. The average Bonchev–Trinajstić information content (AvgIpc) is 3.25. The second-order valence-corrected chi connectivity index (χ2v) is 27.5. The fraction of sp³-hybridized carbons (Fsp3) is 0.667. The Hall–Kier alpha value is -2.67. The maximum absolute atomic E-state index is 7.21. The summed E-state index contributed by atoms with van der Waals surface area (Å²) >= 11 is 0. The molecule has 12 fully saturated rings. The van der Waals surface area contributed by atoms with Gasteiger partial charge in [0.05, 0.1) is 0 Å². The van der Waals surface area contributed by atoms with Gasteiger partial charge in [0, 0.05) is 10.9 Å². The molecule has 4 aromatic carbocycles. The first-order valence-electron chi connectivity index (χ1n) is 26.7. The van der Waals surface area contributed by atoms with Crippen LogP contribution in [-0.4, -0.2) is 13.4 Å². The molecule has 63 heavy (non-hydrogen) atoms. The molecule has 1 heterocycles. The predicted molar refractivity (Wildman–Crippen MR) is 269 cm³/mol. The van der Waals surface area contributed by atoms with Crippen LogP contribution >= 0.6 is 0 Å². The first kappa shape index (κ1) is 40.6. The Balaban J connectivity index is 0.893. The summed E-state index contributed by atoms with van der Waals surface area (Å²) in [7, 11) is 0. The summed E-state index contributed by atoms with van der Waals surface area (Å²) in [5.41, 5.74) is 7.91. The van der Waals surface area contributed by atoms with Gasteiger partial charge in [-0.3, -0.25) is 0 Å². The van der Waals surface area contributed by atoms with E-state index in [4.69, 9.17) is 4.74 Å². The minimum absolute atomic E-state index is 0.506. The predicted octanol–water partition coefficient (Wildman–Crippen LogP) is 15.5. The zero-order chi connectivity index (χ0) is 43.6. The van der Waals surface area contributed by atoms with Crippen molar-refractivity contribution in [3.05, 3.63) is 60.7 Å². The van der Waals surface area contributed by atoms with E-state index >= 15 is 0 Å². The van der Waals surface area contributed by atoms with Crippen LogP contribution in [0.4, 0.5) is 0 Å². The van der Waals surface area contributed by atoms with E-state index in [1.54, 1.807) is 10.9 Å². The Bertz CT molecular complexity index is 2480. The molecule has 0 saturated heterocycles. The summed E-state index contributed by atoms with van der Waals surface area (Å²) in [6.45, 7) is 32.6. The quantitative estimate of drug-likeness (QED) is 0.122. The molecular weight excluding hydrogens is 758 g/mol. The number of hydrogen-bond donors (Lipinski definition) is 0. The summed E-state index contributed by atoms with van der Waals surface area (Å²) < 4.78 is 7.21. The van der Waals surface area contributed by atoms with Crippen molar-refractivity contribution in [2.45, 2.75) is 158 Å². The topological polar surface area (TPSA) is 9.23 Å². The van der Waals surface area contributed by atoms with E-state index in [0.717, 1.165) is 106 Å². The standard InChI is InChI=1S/C60H78B2O/c1-31-46-21-36(57(46,5)6)25-50(31)61(51-26-37-22-47(32(51)2)58(37,7)8)40-17-16-35-20-45-42-19-18-41(30-55(42)63-54-15-13-14-43(56(45)54)44(35)29-40)62(52-27-38-23-48(33(52)3)59(38,9)10)53-28-39-24-49(34(53)4)60(39,11)12/h13-20,29-34,36-39,46-53H,21-28H2,1-12H3. The molecule has 0 radical (unpaired) electrons. The molecule has 12 aliphatic carbocycles. The lowest BCUT2D eigenvalue weighted by Crippen LogP contribution is -2.61. The molecule has 17 rings (SSSR count). The van der Waals surface area contributed by atoms with Crippen molar-refractivity contribution in [3.8, 4) is 22.6 Å². The molecule has 1 nitrogen and oxygen atoms in total. The van der Waals surface area contributed by atoms with E-state index in [0.29, 0.717) is 35.1 Å². The van der Waals surface area contributed by atoms with Crippen LogP contribution in [0.25, 0.3) is 32.7 Å². The largest absolute Gasteiger partial charge is 0.456 e. The maximum Gasteiger partial charge on any atom is 0.182 e. The van der Waals surface area contributed by atoms with Gasteiger partial charge in [0.2, 0.25) is 0 Å². The lowest BCUT2D eigenvalue weighted by atomic mass is 9.19. The molecule has 13 aliphatic rings. The molecule has 12 saturated carbocycles. The van der Waals surface area contributed by atoms with Crippen molar-refractivity contribution in [1.29, 1.82) is 0 Å². The third kappa shape index (κ3) is 5.22. The highest BCUT2D eigenvalue weighted by atomic mass is 16.5. The van der Waals surface area contributed by atoms with Gasteiger partial charge >= 0.3 is 0 Å². The minimum Gasteiger partial charge on any atom is -0.456 e. The van der Waals surface area contributed by atoms with Crippen molar-refractivity contribution in [2.75, 3.05) is 0 Å². The van der Waals surface area contributed by atoms with Gasteiger partial charge in [-0.25, -0.2) is 0 Å². The van der Waals surface area contributed by atoms with Gasteiger partial charge in [0.1, 0.15) is 11.5 Å². The normalized spacial score (nSPS) is 42.1. The van der Waals surface area contributed by atoms with Crippen molar-refractivity contribution < 1.29 is 4.74 Å². The second-order valence-electron chi connectivity index (χ2n) is 27.5. The van der Waals surface area contributed by atoms with Crippen LogP contribution in [0.2, 0.25) is 23.3 Å². The molecular formula is C60H78B2O. The first-order chi connectivity index (χ1) is 29.9. The highest BCUT2D eigenvalue weighted by molar-refractivity contribution is 6.77. The lowest BCUT2D eigenvalue weighted by molar-refractivity contribution is -0.107. The van der Waals surface area contributed by atoms with Gasteiger partial charge in [-0.05, 0) is 158 Å². The first-order valence-corrected chi connectivity index (χ1v) is 26.7. The molecule has 0 aromatic heterocycles. The molecule has 0 spiro atoms. The fourth-order valence-electron chi connectivity index (χ4n) is 20.1. The third-order valence-electron chi connectivity index (χ3n) is 24.7. The van der Waals surface area contributed by atoms with Gasteiger partial charge in [-0.1, -0.05) is 185 Å². The minimum atomic E-state index is 0.506. The number of fused-ring (bicyclic) bond motifs is 12. The van der Waals surface area contributed by atoms with Crippen LogP contribution < -0.4 is 15.7 Å². The number of hydrogen-bond acceptors (Lipinski definition) is 1. The Morgan fingerprint density at radius 1 is 0.429 bits per heavy atom. The fourth-order valence-corrected chi connectivity index (χ4v) is 20.1. The van der Waals surface area contributed by atoms with Crippen LogP contribution in [0.3, 0.4) is 0 Å². The van der Waals surface area contributed by atoms with E-state index in [2.05, 4.69) is 144 Å². The zero-order valence-electron chi connectivity index (χ0n) is 41.2. The van der Waals surface area contributed by atoms with Crippen molar-refractivity contribution in [1.82, 2.24) is 0 Å². The lowest BCUT2D eigenvalue weighted by Gasteiger charge is -2.66. The molecule has 0 N–H and O–H groups in total. The van der Waals surface area contributed by atoms with Crippen molar-refractivity contribution >= 4 is 45.9 Å². The van der Waals surface area contributed by atoms with Crippen LogP contribution in [0.1, 0.15) is 134 Å². The molecule has 330 valence electrons. The van der Waals surface area contributed by atoms with E-state index in [1.807, 2.05) is 0 Å². The number of ether oxygens (including phenoxy) is 1. The maximum atomic E-state index is 7.21. The zero-order valence-corrected chi connectivity index (χ0v) is 41.2. The summed E-state index contributed by atoms with van der Waals surface area (Å²) in [5.74, 6) is 15.4.